The summed E-state index contributed by atoms with van der Waals surface area (Å²) in [6.45, 7) is 4.94. The maximum Gasteiger partial charge on any atom is 0.320 e. The number of piperidine rings is 1. The van der Waals surface area contributed by atoms with Crippen LogP contribution in [0.3, 0.4) is 0 Å². The zero-order valence-electron chi connectivity index (χ0n) is 9.00. The predicted molar refractivity (Wildman–Crippen MR) is 51.9 cm³/mol. The van der Waals surface area contributed by atoms with Gasteiger partial charge in [0.2, 0.25) is 0 Å². The van der Waals surface area contributed by atoms with E-state index in [1.165, 1.54) is 0 Å². The van der Waals surface area contributed by atoms with E-state index in [1.807, 2.05) is 11.9 Å². The van der Waals surface area contributed by atoms with Crippen molar-refractivity contribution in [2.45, 2.75) is 20.3 Å². The molecule has 4 nitrogen and oxygen atoms in total. The van der Waals surface area contributed by atoms with Crippen LogP contribution in [0, 0.1) is 5.41 Å². The van der Waals surface area contributed by atoms with E-state index >= 15 is 0 Å². The number of hydrogen-bond acceptors (Lipinski definition) is 4. The molecule has 0 aromatic heterocycles. The van der Waals surface area contributed by atoms with Crippen LogP contribution in [0.15, 0.2) is 0 Å². The highest BCUT2D eigenvalue weighted by atomic mass is 16.5. The van der Waals surface area contributed by atoms with E-state index in [4.69, 9.17) is 4.74 Å². The van der Waals surface area contributed by atoms with Crippen molar-refractivity contribution < 1.29 is 14.3 Å². The van der Waals surface area contributed by atoms with Crippen molar-refractivity contribution in [3.05, 3.63) is 0 Å². The monoisotopic (exact) mass is 199 g/mol. The Balaban J connectivity index is 2.78. The van der Waals surface area contributed by atoms with E-state index in [-0.39, 0.29) is 5.78 Å². The highest BCUT2D eigenvalue weighted by Gasteiger charge is 2.45. The Bertz CT molecular complexity index is 252. The van der Waals surface area contributed by atoms with Crippen LogP contribution < -0.4 is 0 Å². The second-order valence-electron chi connectivity index (χ2n) is 3.96. The predicted octanol–water partition coefficient (Wildman–Crippen LogP) is 0.460. The fourth-order valence-corrected chi connectivity index (χ4v) is 1.74. The van der Waals surface area contributed by atoms with Gasteiger partial charge in [-0.3, -0.25) is 9.59 Å². The van der Waals surface area contributed by atoms with E-state index in [9.17, 15) is 9.59 Å². The number of ether oxygens (including phenoxy) is 1. The van der Waals surface area contributed by atoms with E-state index in [0.29, 0.717) is 19.6 Å². The van der Waals surface area contributed by atoms with Gasteiger partial charge in [-0.1, -0.05) is 0 Å². The Morgan fingerprint density at radius 2 is 2.29 bits per heavy atom. The molecule has 0 saturated carbocycles. The number of hydrogen-bond donors (Lipinski definition) is 0. The molecule has 0 aromatic carbocycles. The molecule has 14 heavy (non-hydrogen) atoms. The summed E-state index contributed by atoms with van der Waals surface area (Å²) in [5.41, 5.74) is -0.955. The van der Waals surface area contributed by atoms with Crippen molar-refractivity contribution in [3.63, 3.8) is 0 Å². The van der Waals surface area contributed by atoms with Gasteiger partial charge in [0.05, 0.1) is 6.61 Å². The fraction of sp³-hybridized carbons (Fsp3) is 0.800. The molecule has 1 aliphatic rings. The standard InChI is InChI=1S/C10H17NO3/c1-4-14-9(13)10(2)7-11(3)6-5-8(10)12/h4-7H2,1-3H3. The number of Topliss-reactive ketones (excluding diaryl/α,β-unsaturated/α-hetero) is 1. The summed E-state index contributed by atoms with van der Waals surface area (Å²) in [5.74, 6) is -0.398. The van der Waals surface area contributed by atoms with Gasteiger partial charge >= 0.3 is 5.97 Å². The summed E-state index contributed by atoms with van der Waals surface area (Å²) in [6, 6.07) is 0. The Labute approximate surface area is 84.2 Å². The molecule has 1 atom stereocenters. The molecule has 0 spiro atoms. The SMILES string of the molecule is CCOC(=O)C1(C)CN(C)CCC1=O. The van der Waals surface area contributed by atoms with Crippen molar-refractivity contribution in [1.82, 2.24) is 4.90 Å². The molecular formula is C10H17NO3. The minimum absolute atomic E-state index is 0.00551. The number of ketones is 1. The second-order valence-corrected chi connectivity index (χ2v) is 3.96. The first-order valence-corrected chi connectivity index (χ1v) is 4.89. The summed E-state index contributed by atoms with van der Waals surface area (Å²) in [4.78, 5) is 25.2. The first-order valence-electron chi connectivity index (χ1n) is 4.89. The maximum atomic E-state index is 11.7. The number of carbonyl (C=O) groups is 2. The van der Waals surface area contributed by atoms with Crippen LogP contribution in [-0.2, 0) is 14.3 Å². The molecule has 0 radical (unpaired) electrons. The highest BCUT2D eigenvalue weighted by Crippen LogP contribution is 2.26. The number of likely N-dealkylation sites (tertiary alicyclic amines) is 1. The molecule has 1 rings (SSSR count). The fourth-order valence-electron chi connectivity index (χ4n) is 1.74. The van der Waals surface area contributed by atoms with Crippen LogP contribution in [0.1, 0.15) is 20.3 Å². The molecule has 1 saturated heterocycles. The molecule has 0 bridgehead atoms. The number of esters is 1. The summed E-state index contributed by atoms with van der Waals surface area (Å²) < 4.78 is 4.92. The summed E-state index contributed by atoms with van der Waals surface area (Å²) in [5, 5.41) is 0. The van der Waals surface area contributed by atoms with Gasteiger partial charge in [0.25, 0.3) is 0 Å². The van der Waals surface area contributed by atoms with Crippen molar-refractivity contribution in [3.8, 4) is 0 Å². The molecule has 1 aliphatic heterocycles. The molecule has 1 heterocycles. The van der Waals surface area contributed by atoms with Crippen LogP contribution in [0.2, 0.25) is 0 Å². The minimum atomic E-state index is -0.955. The third-order valence-corrected chi connectivity index (χ3v) is 2.65. The van der Waals surface area contributed by atoms with Crippen LogP contribution >= 0.6 is 0 Å². The normalized spacial score (nSPS) is 28.9. The topological polar surface area (TPSA) is 46.6 Å². The highest BCUT2D eigenvalue weighted by molar-refractivity contribution is 6.04. The molecule has 80 valence electrons. The van der Waals surface area contributed by atoms with Gasteiger partial charge in [-0.05, 0) is 20.9 Å². The average Bonchev–Trinajstić information content (AvgIpc) is 2.12. The average molecular weight is 199 g/mol. The maximum absolute atomic E-state index is 11.7. The molecule has 0 aromatic rings. The van der Waals surface area contributed by atoms with Gasteiger partial charge in [-0.25, -0.2) is 0 Å². The minimum Gasteiger partial charge on any atom is -0.465 e. The van der Waals surface area contributed by atoms with Gasteiger partial charge in [-0.2, -0.15) is 0 Å². The Kier molecular flexibility index (Phi) is 3.26. The molecule has 0 amide bonds. The Morgan fingerprint density at radius 1 is 1.64 bits per heavy atom. The molecule has 0 aliphatic carbocycles. The van der Waals surface area contributed by atoms with Gasteiger partial charge in [0, 0.05) is 19.5 Å². The van der Waals surface area contributed by atoms with Crippen molar-refractivity contribution in [1.29, 1.82) is 0 Å². The summed E-state index contributed by atoms with van der Waals surface area (Å²) >= 11 is 0. The van der Waals surface area contributed by atoms with Gasteiger partial charge < -0.3 is 9.64 Å². The molecule has 1 fully saturated rings. The lowest BCUT2D eigenvalue weighted by Gasteiger charge is -2.35. The largest absolute Gasteiger partial charge is 0.465 e. The molecule has 0 N–H and O–H groups in total. The van der Waals surface area contributed by atoms with Crippen LogP contribution in [0.5, 0.6) is 0 Å². The van der Waals surface area contributed by atoms with E-state index < -0.39 is 11.4 Å². The number of nitrogens with zero attached hydrogens (tertiary/aromatic N) is 1. The van der Waals surface area contributed by atoms with Crippen LogP contribution in [-0.4, -0.2) is 43.4 Å². The van der Waals surface area contributed by atoms with Gasteiger partial charge in [0.15, 0.2) is 5.78 Å². The first kappa shape index (κ1) is 11.2. The Morgan fingerprint density at radius 3 is 2.86 bits per heavy atom. The van der Waals surface area contributed by atoms with Crippen LogP contribution in [0.25, 0.3) is 0 Å². The lowest BCUT2D eigenvalue weighted by molar-refractivity contribution is -0.162. The molecule has 1 unspecified atom stereocenters. The second kappa shape index (κ2) is 4.09. The zero-order valence-corrected chi connectivity index (χ0v) is 9.00. The third kappa shape index (κ3) is 1.95. The van der Waals surface area contributed by atoms with Crippen molar-refractivity contribution >= 4 is 11.8 Å². The smallest absolute Gasteiger partial charge is 0.320 e. The quantitative estimate of drug-likeness (QED) is 0.479. The van der Waals surface area contributed by atoms with Crippen molar-refractivity contribution in [2.24, 2.45) is 5.41 Å². The Hall–Kier alpha value is -0.900. The van der Waals surface area contributed by atoms with E-state index in [2.05, 4.69) is 0 Å². The molecular weight excluding hydrogens is 182 g/mol. The first-order chi connectivity index (χ1) is 6.50. The zero-order chi connectivity index (χ0) is 10.8. The van der Waals surface area contributed by atoms with E-state index in [0.717, 1.165) is 6.54 Å². The third-order valence-electron chi connectivity index (χ3n) is 2.65. The van der Waals surface area contributed by atoms with E-state index in [1.54, 1.807) is 13.8 Å². The van der Waals surface area contributed by atoms with Crippen molar-refractivity contribution in [2.75, 3.05) is 26.7 Å². The van der Waals surface area contributed by atoms with Gasteiger partial charge in [0.1, 0.15) is 5.41 Å². The molecule has 4 heteroatoms. The summed E-state index contributed by atoms with van der Waals surface area (Å²) in [6.07, 6.45) is 0.436. The van der Waals surface area contributed by atoms with Gasteiger partial charge in [-0.15, -0.1) is 0 Å². The lowest BCUT2D eigenvalue weighted by Crippen LogP contribution is -2.51. The lowest BCUT2D eigenvalue weighted by atomic mass is 9.81. The van der Waals surface area contributed by atoms with Crippen LogP contribution in [0.4, 0.5) is 0 Å². The summed E-state index contributed by atoms with van der Waals surface area (Å²) in [7, 11) is 1.91. The number of carbonyl (C=O) groups excluding carboxylic acids is 2. The number of rotatable bonds is 2.